The van der Waals surface area contributed by atoms with Gasteiger partial charge in [-0.1, -0.05) is 35.9 Å². The van der Waals surface area contributed by atoms with Crippen LogP contribution in [0.2, 0.25) is 5.02 Å². The first kappa shape index (κ1) is 12.8. The Morgan fingerprint density at radius 2 is 2.14 bits per heavy atom. The van der Waals surface area contributed by atoms with Gasteiger partial charge in [-0.2, -0.15) is 5.10 Å². The summed E-state index contributed by atoms with van der Waals surface area (Å²) in [6, 6.07) is 11.0. The summed E-state index contributed by atoms with van der Waals surface area (Å²) >= 11 is 5.99. The van der Waals surface area contributed by atoms with E-state index in [-0.39, 0.29) is 0 Å². The van der Waals surface area contributed by atoms with Gasteiger partial charge in [-0.3, -0.25) is 0 Å². The van der Waals surface area contributed by atoms with Crippen molar-refractivity contribution in [3.05, 3.63) is 53.4 Å². The highest BCUT2D eigenvalue weighted by Gasteiger charge is 2.20. The predicted octanol–water partition coefficient (Wildman–Crippen LogP) is 3.33. The molecule has 0 amide bonds. The van der Waals surface area contributed by atoms with E-state index in [1.54, 1.807) is 17.1 Å². The van der Waals surface area contributed by atoms with E-state index >= 15 is 0 Å². The number of rotatable bonds is 4. The average molecular weight is 299 g/mol. The molecule has 0 radical (unpaired) electrons. The Kier molecular flexibility index (Phi) is 3.13. The van der Waals surface area contributed by atoms with Crippen molar-refractivity contribution in [2.45, 2.75) is 25.4 Å². The zero-order chi connectivity index (χ0) is 14.2. The summed E-state index contributed by atoms with van der Waals surface area (Å²) in [6.45, 7) is 0.789. The van der Waals surface area contributed by atoms with Gasteiger partial charge in [0.1, 0.15) is 0 Å². The largest absolute Gasteiger partial charge is 0.308 e. The summed E-state index contributed by atoms with van der Waals surface area (Å²) in [5.41, 5.74) is 1.03. The second-order valence-corrected chi connectivity index (χ2v) is 5.85. The minimum atomic E-state index is 0.613. The summed E-state index contributed by atoms with van der Waals surface area (Å²) < 4.78 is 1.74. The minimum absolute atomic E-state index is 0.613. The number of fused-ring (bicyclic) bond motifs is 1. The summed E-state index contributed by atoms with van der Waals surface area (Å²) in [4.78, 5) is 4.76. The molecule has 1 aromatic carbocycles. The van der Waals surface area contributed by atoms with E-state index in [1.807, 2.05) is 12.1 Å². The third-order valence-corrected chi connectivity index (χ3v) is 3.89. The van der Waals surface area contributed by atoms with Crippen molar-refractivity contribution in [2.75, 3.05) is 0 Å². The Balaban J connectivity index is 1.81. The minimum Gasteiger partial charge on any atom is -0.308 e. The van der Waals surface area contributed by atoms with Crippen molar-refractivity contribution < 1.29 is 0 Å². The van der Waals surface area contributed by atoms with Crippen LogP contribution in [0.4, 0.5) is 0 Å². The van der Waals surface area contributed by atoms with E-state index in [1.165, 1.54) is 18.2 Å². The molecule has 21 heavy (non-hydrogen) atoms. The molecule has 0 bridgehead atoms. The summed E-state index contributed by atoms with van der Waals surface area (Å²) in [6.07, 6.45) is 5.96. The molecule has 1 aliphatic rings. The maximum absolute atomic E-state index is 5.99. The number of nitrogens with one attached hydrogen (secondary N) is 1. The molecule has 1 aliphatic carbocycles. The van der Waals surface area contributed by atoms with Crippen LogP contribution in [0.15, 0.2) is 42.7 Å². The van der Waals surface area contributed by atoms with Crippen LogP contribution in [-0.4, -0.2) is 20.8 Å². The third kappa shape index (κ3) is 2.64. The summed E-state index contributed by atoms with van der Waals surface area (Å²) in [5.74, 6) is 0.826. The highest BCUT2D eigenvalue weighted by atomic mass is 35.5. The fraction of sp³-hybridized carbons (Fsp3) is 0.250. The Morgan fingerprint density at radius 3 is 2.90 bits per heavy atom. The van der Waals surface area contributed by atoms with Gasteiger partial charge in [-0.15, -0.1) is 0 Å². The number of hydrogen-bond donors (Lipinski definition) is 1. The first-order valence-corrected chi connectivity index (χ1v) is 7.50. The van der Waals surface area contributed by atoms with Gasteiger partial charge >= 0.3 is 0 Å². The van der Waals surface area contributed by atoms with Crippen LogP contribution in [0.3, 0.4) is 0 Å². The summed E-state index contributed by atoms with van der Waals surface area (Å²) in [7, 11) is 0. The molecule has 106 valence electrons. The lowest BCUT2D eigenvalue weighted by atomic mass is 10.1. The second-order valence-electron chi connectivity index (χ2n) is 5.42. The summed E-state index contributed by atoms with van der Waals surface area (Å²) in [5, 5.41) is 10.6. The van der Waals surface area contributed by atoms with Crippen LogP contribution in [0.1, 0.15) is 18.5 Å². The van der Waals surface area contributed by atoms with Crippen LogP contribution in [0.5, 0.6) is 0 Å². The van der Waals surface area contributed by atoms with Crippen LogP contribution in [-0.2, 0) is 6.54 Å². The van der Waals surface area contributed by atoms with Gasteiger partial charge in [0.2, 0.25) is 0 Å². The van der Waals surface area contributed by atoms with E-state index < -0.39 is 0 Å². The quantitative estimate of drug-likeness (QED) is 0.803. The van der Waals surface area contributed by atoms with E-state index in [4.69, 9.17) is 16.6 Å². The monoisotopic (exact) mass is 298 g/mol. The molecule has 0 spiro atoms. The molecule has 1 N–H and O–H groups in total. The number of aromatic nitrogens is 3. The van der Waals surface area contributed by atoms with Gasteiger partial charge in [0, 0.05) is 18.0 Å². The Labute approximate surface area is 127 Å². The molecule has 1 saturated carbocycles. The fourth-order valence-electron chi connectivity index (χ4n) is 2.45. The van der Waals surface area contributed by atoms with Crippen molar-refractivity contribution in [3.63, 3.8) is 0 Å². The van der Waals surface area contributed by atoms with Crippen molar-refractivity contribution >= 4 is 22.4 Å². The molecule has 4 rings (SSSR count). The maximum Gasteiger partial charge on any atom is 0.161 e. The van der Waals surface area contributed by atoms with Gasteiger partial charge in [-0.05, 0) is 24.3 Å². The SMILES string of the molecule is Clc1cnn(-c2nc(CNC3CC3)cc3ccccc23)c1. The lowest BCUT2D eigenvalue weighted by Gasteiger charge is -2.10. The van der Waals surface area contributed by atoms with Crippen molar-refractivity contribution in [1.29, 1.82) is 0 Å². The van der Waals surface area contributed by atoms with Crippen molar-refractivity contribution in [3.8, 4) is 5.82 Å². The van der Waals surface area contributed by atoms with Gasteiger partial charge in [0.05, 0.1) is 23.1 Å². The molecule has 5 heteroatoms. The maximum atomic E-state index is 5.99. The molecule has 1 fully saturated rings. The molecule has 2 aromatic heterocycles. The number of nitrogens with zero attached hydrogens (tertiary/aromatic N) is 3. The molecule has 2 heterocycles. The van der Waals surface area contributed by atoms with Gasteiger partial charge in [-0.25, -0.2) is 9.67 Å². The number of halogens is 1. The lowest BCUT2D eigenvalue weighted by molar-refractivity contribution is 0.672. The van der Waals surface area contributed by atoms with Gasteiger partial charge in [0.15, 0.2) is 5.82 Å². The van der Waals surface area contributed by atoms with Crippen molar-refractivity contribution in [1.82, 2.24) is 20.1 Å². The smallest absolute Gasteiger partial charge is 0.161 e. The highest BCUT2D eigenvalue weighted by Crippen LogP contribution is 2.23. The molecule has 0 unspecified atom stereocenters. The van der Waals surface area contributed by atoms with E-state index in [2.05, 4.69) is 28.6 Å². The Bertz CT molecular complexity index is 792. The average Bonchev–Trinajstić information content (AvgIpc) is 3.24. The first-order chi connectivity index (χ1) is 10.3. The second kappa shape index (κ2) is 5.13. The van der Waals surface area contributed by atoms with E-state index in [0.29, 0.717) is 11.1 Å². The fourth-order valence-corrected chi connectivity index (χ4v) is 2.59. The third-order valence-electron chi connectivity index (χ3n) is 3.69. The first-order valence-electron chi connectivity index (χ1n) is 7.12. The van der Waals surface area contributed by atoms with Crippen LogP contribution in [0.25, 0.3) is 16.6 Å². The van der Waals surface area contributed by atoms with E-state index in [0.717, 1.165) is 23.4 Å². The molecule has 3 aromatic rings. The highest BCUT2D eigenvalue weighted by molar-refractivity contribution is 6.30. The zero-order valence-electron chi connectivity index (χ0n) is 11.5. The van der Waals surface area contributed by atoms with Gasteiger partial charge < -0.3 is 5.32 Å². The van der Waals surface area contributed by atoms with Crippen LogP contribution >= 0.6 is 11.6 Å². The molecular weight excluding hydrogens is 284 g/mol. The molecule has 4 nitrogen and oxygen atoms in total. The molecule has 0 atom stereocenters. The predicted molar refractivity (Wildman–Crippen MR) is 83.7 cm³/mol. The number of benzene rings is 1. The van der Waals surface area contributed by atoms with Crippen molar-refractivity contribution in [2.24, 2.45) is 0 Å². The van der Waals surface area contributed by atoms with E-state index in [9.17, 15) is 0 Å². The van der Waals surface area contributed by atoms with Crippen LogP contribution in [0, 0.1) is 0 Å². The molecular formula is C16H15ClN4. The Morgan fingerprint density at radius 1 is 1.29 bits per heavy atom. The molecule has 0 aliphatic heterocycles. The molecule has 0 saturated heterocycles. The number of pyridine rings is 1. The lowest BCUT2D eigenvalue weighted by Crippen LogP contribution is -2.17. The number of hydrogen-bond acceptors (Lipinski definition) is 3. The standard InChI is InChI=1S/C16H15ClN4/c17-12-8-19-21(10-12)16-15-4-2-1-3-11(15)7-14(20-16)9-18-13-5-6-13/h1-4,7-8,10,13,18H,5-6,9H2. The zero-order valence-corrected chi connectivity index (χ0v) is 12.2. The van der Waals surface area contributed by atoms with Crippen LogP contribution < -0.4 is 5.32 Å². The van der Waals surface area contributed by atoms with Gasteiger partial charge in [0.25, 0.3) is 0 Å². The Hall–Kier alpha value is -1.91. The topological polar surface area (TPSA) is 42.7 Å². The normalized spacial score (nSPS) is 14.7.